The van der Waals surface area contributed by atoms with Crippen molar-refractivity contribution in [3.05, 3.63) is 0 Å². The van der Waals surface area contributed by atoms with Gasteiger partial charge in [-0.3, -0.25) is 11.3 Å². The van der Waals surface area contributed by atoms with Gasteiger partial charge in [-0.25, -0.2) is 0 Å². The number of rotatable bonds is 4. The maximum atomic E-state index is 5.44. The largest absolute Gasteiger partial charge is 0.383 e. The minimum Gasteiger partial charge on any atom is -0.383 e. The molecule has 1 aliphatic heterocycles. The Labute approximate surface area is 82.1 Å². The third-order valence-corrected chi connectivity index (χ3v) is 4.77. The first-order valence-corrected chi connectivity index (χ1v) is 6.23. The highest BCUT2D eigenvalue weighted by atomic mass is 32.2. The van der Waals surface area contributed by atoms with Gasteiger partial charge in [-0.05, 0) is 0 Å². The normalized spacial score (nSPS) is 27.0. The molecular formula is C7H16N2OS2. The van der Waals surface area contributed by atoms with Crippen LogP contribution in [0.3, 0.4) is 0 Å². The molecule has 0 saturated carbocycles. The molecule has 0 aromatic heterocycles. The van der Waals surface area contributed by atoms with E-state index in [9.17, 15) is 0 Å². The molecule has 1 heterocycles. The second kappa shape index (κ2) is 6.10. The van der Waals surface area contributed by atoms with Gasteiger partial charge in [-0.2, -0.15) is 23.5 Å². The molecular weight excluding hydrogens is 192 g/mol. The van der Waals surface area contributed by atoms with Crippen LogP contribution >= 0.6 is 23.5 Å². The summed E-state index contributed by atoms with van der Waals surface area (Å²) >= 11 is 3.99. The minimum atomic E-state index is 0.299. The molecule has 0 aliphatic carbocycles. The summed E-state index contributed by atoms with van der Waals surface area (Å²) in [5, 5.41) is 0.605. The zero-order valence-electron chi connectivity index (χ0n) is 7.29. The maximum Gasteiger partial charge on any atom is 0.0640 e. The van der Waals surface area contributed by atoms with Crippen molar-refractivity contribution in [3.8, 4) is 0 Å². The van der Waals surface area contributed by atoms with E-state index >= 15 is 0 Å². The molecule has 0 amide bonds. The molecule has 0 aromatic rings. The highest BCUT2D eigenvalue weighted by Crippen LogP contribution is 2.26. The van der Waals surface area contributed by atoms with Gasteiger partial charge in [0.1, 0.15) is 0 Å². The Hall–Kier alpha value is 0.580. The summed E-state index contributed by atoms with van der Waals surface area (Å²) in [5.41, 5.74) is 2.81. The summed E-state index contributed by atoms with van der Waals surface area (Å²) < 4.78 is 5.08. The first-order chi connectivity index (χ1) is 5.88. The predicted octanol–water partition coefficient (Wildman–Crippen LogP) is 0.313. The lowest BCUT2D eigenvalue weighted by atomic mass is 10.2. The van der Waals surface area contributed by atoms with E-state index in [1.807, 2.05) is 23.5 Å². The van der Waals surface area contributed by atoms with E-state index in [-0.39, 0.29) is 0 Å². The summed E-state index contributed by atoms with van der Waals surface area (Å²) in [5.74, 6) is 9.12. The summed E-state index contributed by atoms with van der Waals surface area (Å²) in [7, 11) is 1.71. The molecule has 0 spiro atoms. The number of thioether (sulfide) groups is 2. The van der Waals surface area contributed by atoms with Gasteiger partial charge in [0.25, 0.3) is 0 Å². The van der Waals surface area contributed by atoms with E-state index in [2.05, 4.69) is 5.43 Å². The maximum absolute atomic E-state index is 5.44. The average Bonchev–Trinajstić information content (AvgIpc) is 2.15. The first kappa shape index (κ1) is 10.7. The second-order valence-electron chi connectivity index (χ2n) is 2.71. The van der Waals surface area contributed by atoms with Gasteiger partial charge in [0.05, 0.1) is 12.6 Å². The van der Waals surface area contributed by atoms with Crippen molar-refractivity contribution >= 4 is 23.5 Å². The third-order valence-electron chi connectivity index (χ3n) is 1.85. The molecule has 1 rings (SSSR count). The van der Waals surface area contributed by atoms with Crippen molar-refractivity contribution in [1.82, 2.24) is 5.43 Å². The van der Waals surface area contributed by atoms with Crippen molar-refractivity contribution in [1.29, 1.82) is 0 Å². The number of hydrogen-bond donors (Lipinski definition) is 2. The minimum absolute atomic E-state index is 0.299. The van der Waals surface area contributed by atoms with E-state index in [0.29, 0.717) is 17.9 Å². The van der Waals surface area contributed by atoms with E-state index in [0.717, 1.165) is 0 Å². The number of hydrogen-bond acceptors (Lipinski definition) is 5. The summed E-state index contributed by atoms with van der Waals surface area (Å²) in [6.07, 6.45) is 0. The van der Waals surface area contributed by atoms with Crippen LogP contribution in [0.1, 0.15) is 0 Å². The zero-order valence-corrected chi connectivity index (χ0v) is 8.92. The quantitative estimate of drug-likeness (QED) is 0.514. The fraction of sp³-hybridized carbons (Fsp3) is 1.00. The molecule has 1 aliphatic rings. The molecule has 1 fully saturated rings. The SMILES string of the molecule is COCC(NN)C1CSCCS1. The summed E-state index contributed by atoms with van der Waals surface area (Å²) in [6.45, 7) is 0.703. The van der Waals surface area contributed by atoms with Crippen LogP contribution in [-0.2, 0) is 4.74 Å². The van der Waals surface area contributed by atoms with Crippen LogP contribution in [0.4, 0.5) is 0 Å². The summed E-state index contributed by atoms with van der Waals surface area (Å²) in [6, 6.07) is 0.299. The Morgan fingerprint density at radius 3 is 3.00 bits per heavy atom. The molecule has 3 N–H and O–H groups in total. The smallest absolute Gasteiger partial charge is 0.0640 e. The molecule has 3 nitrogen and oxygen atoms in total. The van der Waals surface area contributed by atoms with Crippen LogP contribution < -0.4 is 11.3 Å². The number of hydrazine groups is 1. The molecule has 0 bridgehead atoms. The van der Waals surface area contributed by atoms with E-state index in [1.54, 1.807) is 7.11 Å². The Bertz CT molecular complexity index is 117. The molecule has 5 heteroatoms. The number of nitrogens with two attached hydrogens (primary N) is 1. The fourth-order valence-electron chi connectivity index (χ4n) is 1.18. The molecule has 2 atom stereocenters. The lowest BCUT2D eigenvalue weighted by Gasteiger charge is -2.28. The van der Waals surface area contributed by atoms with Gasteiger partial charge in [0.15, 0.2) is 0 Å². The standard InChI is InChI=1S/C7H16N2OS2/c1-10-4-6(9-8)7-5-11-2-3-12-7/h6-7,9H,2-5,8H2,1H3. The molecule has 0 radical (unpaired) electrons. The van der Waals surface area contributed by atoms with Gasteiger partial charge in [-0.15, -0.1) is 0 Å². The van der Waals surface area contributed by atoms with Crippen molar-refractivity contribution in [2.45, 2.75) is 11.3 Å². The topological polar surface area (TPSA) is 47.3 Å². The Balaban J connectivity index is 2.29. The Kier molecular flexibility index (Phi) is 5.42. The summed E-state index contributed by atoms with van der Waals surface area (Å²) in [4.78, 5) is 0. The van der Waals surface area contributed by atoms with Crippen LogP contribution in [0.5, 0.6) is 0 Å². The monoisotopic (exact) mass is 208 g/mol. The van der Waals surface area contributed by atoms with Gasteiger partial charge in [0.2, 0.25) is 0 Å². The molecule has 12 heavy (non-hydrogen) atoms. The molecule has 72 valence electrons. The number of nitrogens with one attached hydrogen (secondary N) is 1. The Morgan fingerprint density at radius 1 is 1.67 bits per heavy atom. The van der Waals surface area contributed by atoms with Crippen LogP contribution in [0, 0.1) is 0 Å². The third kappa shape index (κ3) is 3.14. The predicted molar refractivity (Wildman–Crippen MR) is 56.6 cm³/mol. The lowest BCUT2D eigenvalue weighted by Crippen LogP contribution is -2.47. The molecule has 0 aromatic carbocycles. The second-order valence-corrected chi connectivity index (χ2v) is 5.21. The van der Waals surface area contributed by atoms with Crippen LogP contribution in [-0.4, -0.2) is 42.3 Å². The van der Waals surface area contributed by atoms with Gasteiger partial charge in [-0.1, -0.05) is 0 Å². The zero-order chi connectivity index (χ0) is 8.81. The van der Waals surface area contributed by atoms with Gasteiger partial charge >= 0.3 is 0 Å². The van der Waals surface area contributed by atoms with Crippen molar-refractivity contribution < 1.29 is 4.74 Å². The van der Waals surface area contributed by atoms with E-state index in [4.69, 9.17) is 10.6 Å². The van der Waals surface area contributed by atoms with Crippen LogP contribution in [0.2, 0.25) is 0 Å². The van der Waals surface area contributed by atoms with Crippen molar-refractivity contribution in [2.75, 3.05) is 31.0 Å². The van der Waals surface area contributed by atoms with Crippen LogP contribution in [0.15, 0.2) is 0 Å². The van der Waals surface area contributed by atoms with Crippen molar-refractivity contribution in [2.24, 2.45) is 5.84 Å². The molecule has 2 unspecified atom stereocenters. The number of ether oxygens (including phenoxy) is 1. The highest BCUT2D eigenvalue weighted by molar-refractivity contribution is 8.06. The van der Waals surface area contributed by atoms with Gasteiger partial charge in [0, 0.05) is 29.6 Å². The van der Waals surface area contributed by atoms with E-state index < -0.39 is 0 Å². The molecule has 1 saturated heterocycles. The van der Waals surface area contributed by atoms with Crippen LogP contribution in [0.25, 0.3) is 0 Å². The van der Waals surface area contributed by atoms with E-state index in [1.165, 1.54) is 17.3 Å². The van der Waals surface area contributed by atoms with Gasteiger partial charge < -0.3 is 4.74 Å². The lowest BCUT2D eigenvalue weighted by molar-refractivity contribution is 0.167. The van der Waals surface area contributed by atoms with Crippen molar-refractivity contribution in [3.63, 3.8) is 0 Å². The number of methoxy groups -OCH3 is 1. The first-order valence-electron chi connectivity index (χ1n) is 4.03. The fourth-order valence-corrected chi connectivity index (χ4v) is 4.03. The average molecular weight is 208 g/mol. The highest BCUT2D eigenvalue weighted by Gasteiger charge is 2.23. The Morgan fingerprint density at radius 2 is 2.50 bits per heavy atom.